The molecule has 0 radical (unpaired) electrons. The highest BCUT2D eigenvalue weighted by Crippen LogP contribution is 2.42. The number of nitrogens with zero attached hydrogens (tertiary/aromatic N) is 1. The Kier molecular flexibility index (Phi) is 3.88. The molecule has 1 aliphatic heterocycles. The summed E-state index contributed by atoms with van der Waals surface area (Å²) >= 11 is 6.16. The fraction of sp³-hybridized carbons (Fsp3) is 0.500. The van der Waals surface area contributed by atoms with Gasteiger partial charge < -0.3 is 14.6 Å². The van der Waals surface area contributed by atoms with Gasteiger partial charge in [-0.2, -0.15) is 5.26 Å². The normalized spacial score (nSPS) is 16.4. The molecule has 1 aromatic carbocycles. The minimum Gasteiger partial charge on any atom is -0.489 e. The summed E-state index contributed by atoms with van der Waals surface area (Å²) in [6, 6.07) is 5.40. The summed E-state index contributed by atoms with van der Waals surface area (Å²) in [5, 5.41) is 19.7. The van der Waals surface area contributed by atoms with E-state index < -0.39 is 11.5 Å². The molecule has 102 valence electrons. The zero-order valence-corrected chi connectivity index (χ0v) is 11.7. The third kappa shape index (κ3) is 2.78. The summed E-state index contributed by atoms with van der Waals surface area (Å²) in [4.78, 5) is 0. The maximum absolute atomic E-state index is 10.3. The van der Waals surface area contributed by atoms with Gasteiger partial charge in [0.05, 0.1) is 35.8 Å². The molecule has 0 spiro atoms. The molecule has 0 aliphatic carbocycles. The van der Waals surface area contributed by atoms with Crippen LogP contribution in [0.5, 0.6) is 11.5 Å². The fourth-order valence-electron chi connectivity index (χ4n) is 1.89. The van der Waals surface area contributed by atoms with Crippen molar-refractivity contribution in [3.05, 3.63) is 22.7 Å². The van der Waals surface area contributed by atoms with Gasteiger partial charge >= 0.3 is 0 Å². The highest BCUT2D eigenvalue weighted by atomic mass is 35.5. The molecule has 0 bridgehead atoms. The van der Waals surface area contributed by atoms with Crippen LogP contribution in [0, 0.1) is 16.7 Å². The quantitative estimate of drug-likeness (QED) is 0.905. The maximum atomic E-state index is 10.3. The van der Waals surface area contributed by atoms with E-state index in [1.54, 1.807) is 26.0 Å². The van der Waals surface area contributed by atoms with E-state index in [1.807, 2.05) is 0 Å². The van der Waals surface area contributed by atoms with E-state index in [0.717, 1.165) is 6.42 Å². The van der Waals surface area contributed by atoms with Crippen molar-refractivity contribution in [3.8, 4) is 17.6 Å². The van der Waals surface area contributed by atoms with Crippen molar-refractivity contribution in [2.75, 3.05) is 13.2 Å². The number of ether oxygens (including phenoxy) is 2. The fourth-order valence-corrected chi connectivity index (χ4v) is 2.16. The first kappa shape index (κ1) is 14.0. The number of aliphatic hydroxyl groups is 1. The van der Waals surface area contributed by atoms with Gasteiger partial charge in [0, 0.05) is 6.42 Å². The molecule has 0 saturated carbocycles. The van der Waals surface area contributed by atoms with Crippen molar-refractivity contribution < 1.29 is 14.6 Å². The lowest BCUT2D eigenvalue weighted by molar-refractivity contribution is 0.0864. The van der Waals surface area contributed by atoms with E-state index in [1.165, 1.54) is 0 Å². The Morgan fingerprint density at radius 1 is 1.37 bits per heavy atom. The van der Waals surface area contributed by atoms with Crippen molar-refractivity contribution in [1.82, 2.24) is 0 Å². The van der Waals surface area contributed by atoms with E-state index in [4.69, 9.17) is 26.3 Å². The molecule has 1 atom stereocenters. The Balaban J connectivity index is 2.42. The number of hydrogen-bond acceptors (Lipinski definition) is 4. The molecule has 4 nitrogen and oxygen atoms in total. The van der Waals surface area contributed by atoms with Gasteiger partial charge in [-0.05, 0) is 31.5 Å². The monoisotopic (exact) mass is 281 g/mol. The standard InChI is InChI=1S/C14H16ClNO3/c1-14(2,8-16)13(17)9-6-10(15)12-11(7-9)18-4-3-5-19-12/h6-7,13,17H,3-5H2,1-2H3. The Labute approximate surface area is 117 Å². The first-order valence-corrected chi connectivity index (χ1v) is 6.52. The predicted octanol–water partition coefficient (Wildman–Crippen LogP) is 3.08. The van der Waals surface area contributed by atoms with Gasteiger partial charge in [-0.3, -0.25) is 0 Å². The van der Waals surface area contributed by atoms with E-state index in [-0.39, 0.29) is 0 Å². The lowest BCUT2D eigenvalue weighted by atomic mass is 9.84. The predicted molar refractivity (Wildman–Crippen MR) is 71.4 cm³/mol. The number of aliphatic hydroxyl groups excluding tert-OH is 1. The van der Waals surface area contributed by atoms with Crippen molar-refractivity contribution in [3.63, 3.8) is 0 Å². The first-order valence-electron chi connectivity index (χ1n) is 6.14. The van der Waals surface area contributed by atoms with Crippen LogP contribution in [0.15, 0.2) is 12.1 Å². The topological polar surface area (TPSA) is 62.5 Å². The summed E-state index contributed by atoms with van der Waals surface area (Å²) in [6.45, 7) is 4.45. The van der Waals surface area contributed by atoms with Crippen LogP contribution in [0.4, 0.5) is 0 Å². The average Bonchev–Trinajstić information content (AvgIpc) is 2.63. The molecule has 0 amide bonds. The molecule has 0 aromatic heterocycles. The summed E-state index contributed by atoms with van der Waals surface area (Å²) in [6.07, 6.45) is -0.154. The zero-order chi connectivity index (χ0) is 14.0. The Morgan fingerprint density at radius 3 is 2.74 bits per heavy atom. The molecule has 1 aromatic rings. The Bertz CT molecular complexity index is 522. The minimum absolute atomic E-state index is 0.391. The lowest BCUT2D eigenvalue weighted by Crippen LogP contribution is -2.20. The van der Waals surface area contributed by atoms with Crippen molar-refractivity contribution in [2.45, 2.75) is 26.4 Å². The highest BCUT2D eigenvalue weighted by molar-refractivity contribution is 6.32. The van der Waals surface area contributed by atoms with Gasteiger partial charge in [-0.1, -0.05) is 11.6 Å². The van der Waals surface area contributed by atoms with Crippen LogP contribution in [0.1, 0.15) is 31.9 Å². The Morgan fingerprint density at radius 2 is 2.05 bits per heavy atom. The molecular weight excluding hydrogens is 266 g/mol. The van der Waals surface area contributed by atoms with Crippen LogP contribution in [-0.4, -0.2) is 18.3 Å². The van der Waals surface area contributed by atoms with Gasteiger partial charge in [-0.25, -0.2) is 0 Å². The van der Waals surface area contributed by atoms with Crippen LogP contribution in [0.3, 0.4) is 0 Å². The van der Waals surface area contributed by atoms with Gasteiger partial charge in [-0.15, -0.1) is 0 Å². The van der Waals surface area contributed by atoms with Crippen molar-refractivity contribution >= 4 is 11.6 Å². The number of benzene rings is 1. The van der Waals surface area contributed by atoms with Crippen LogP contribution in [-0.2, 0) is 0 Å². The Hall–Kier alpha value is -1.44. The van der Waals surface area contributed by atoms with Gasteiger partial charge in [0.15, 0.2) is 11.5 Å². The number of nitriles is 1. The van der Waals surface area contributed by atoms with Crippen molar-refractivity contribution in [1.29, 1.82) is 5.26 Å². The molecule has 19 heavy (non-hydrogen) atoms. The molecule has 5 heteroatoms. The largest absolute Gasteiger partial charge is 0.489 e. The number of fused-ring (bicyclic) bond motifs is 1. The second kappa shape index (κ2) is 5.28. The third-order valence-corrected chi connectivity index (χ3v) is 3.39. The molecule has 1 unspecified atom stereocenters. The average molecular weight is 282 g/mol. The van der Waals surface area contributed by atoms with Crippen LogP contribution < -0.4 is 9.47 Å². The molecular formula is C14H16ClNO3. The van der Waals surface area contributed by atoms with Crippen LogP contribution in [0.2, 0.25) is 5.02 Å². The van der Waals surface area contributed by atoms with Gasteiger partial charge in [0.25, 0.3) is 0 Å². The van der Waals surface area contributed by atoms with Gasteiger partial charge in [0.1, 0.15) is 0 Å². The van der Waals surface area contributed by atoms with E-state index in [0.29, 0.717) is 35.3 Å². The lowest BCUT2D eigenvalue weighted by Gasteiger charge is -2.24. The summed E-state index contributed by atoms with van der Waals surface area (Å²) in [7, 11) is 0. The second-order valence-corrected chi connectivity index (χ2v) is 5.52. The summed E-state index contributed by atoms with van der Waals surface area (Å²) in [5.41, 5.74) is -0.343. The summed E-state index contributed by atoms with van der Waals surface area (Å²) < 4.78 is 11.1. The molecule has 1 aliphatic rings. The van der Waals surface area contributed by atoms with Crippen LogP contribution >= 0.6 is 11.6 Å². The molecule has 2 rings (SSSR count). The smallest absolute Gasteiger partial charge is 0.179 e. The SMILES string of the molecule is CC(C)(C#N)C(O)c1cc(Cl)c2c(c1)OCCCO2. The minimum atomic E-state index is -0.938. The van der Waals surface area contributed by atoms with E-state index in [2.05, 4.69) is 6.07 Å². The van der Waals surface area contributed by atoms with Crippen LogP contribution in [0.25, 0.3) is 0 Å². The molecule has 0 fully saturated rings. The first-order chi connectivity index (χ1) is 8.95. The molecule has 0 saturated heterocycles. The number of hydrogen-bond donors (Lipinski definition) is 1. The maximum Gasteiger partial charge on any atom is 0.179 e. The molecule has 1 heterocycles. The van der Waals surface area contributed by atoms with E-state index >= 15 is 0 Å². The highest BCUT2D eigenvalue weighted by Gasteiger charge is 2.30. The molecule has 1 N–H and O–H groups in total. The number of rotatable bonds is 2. The number of halogens is 1. The van der Waals surface area contributed by atoms with Crippen molar-refractivity contribution in [2.24, 2.45) is 5.41 Å². The second-order valence-electron chi connectivity index (χ2n) is 5.12. The van der Waals surface area contributed by atoms with Gasteiger partial charge in [0.2, 0.25) is 0 Å². The third-order valence-electron chi connectivity index (χ3n) is 3.11. The zero-order valence-electron chi connectivity index (χ0n) is 10.9. The van der Waals surface area contributed by atoms with E-state index in [9.17, 15) is 5.11 Å². The summed E-state index contributed by atoms with van der Waals surface area (Å²) in [5.74, 6) is 1.03.